The van der Waals surface area contributed by atoms with E-state index in [-0.39, 0.29) is 23.2 Å². The van der Waals surface area contributed by atoms with Crippen molar-refractivity contribution in [1.29, 1.82) is 0 Å². The molecule has 4 atom stereocenters. The van der Waals surface area contributed by atoms with Crippen molar-refractivity contribution in [1.82, 2.24) is 0 Å². The zero-order chi connectivity index (χ0) is 15.7. The number of hydrogen-bond donors (Lipinski definition) is 0. The molecule has 118 valence electrons. The molecule has 0 radical (unpaired) electrons. The topological polar surface area (TPSA) is 18.5 Å². The summed E-state index contributed by atoms with van der Waals surface area (Å²) in [6.07, 6.45) is 3.76. The number of allylic oxidation sites excluding steroid dienone is 1. The van der Waals surface area contributed by atoms with Crippen LogP contribution < -0.4 is 4.74 Å². The second-order valence-corrected chi connectivity index (χ2v) is 8.20. The van der Waals surface area contributed by atoms with Crippen molar-refractivity contribution in [3.05, 3.63) is 41.5 Å². The van der Waals surface area contributed by atoms with E-state index in [1.807, 2.05) is 0 Å². The molecule has 0 N–H and O–H groups in total. The molecule has 0 aromatic heterocycles. The van der Waals surface area contributed by atoms with Crippen LogP contribution in [0.1, 0.15) is 52.7 Å². The standard InChI is InChI=1S/C20H26O2/c1-12(2)13-10-16-19(3,4)22-18-14-8-6-7-9-15(14)21-17(11-13)20(16,18)5/h6-9,11-12,16-18H,10H2,1-5H3. The fraction of sp³-hybridized carbons (Fsp3) is 0.600. The lowest BCUT2D eigenvalue weighted by molar-refractivity contribution is -0.0598. The van der Waals surface area contributed by atoms with Gasteiger partial charge in [0.1, 0.15) is 11.9 Å². The SMILES string of the molecule is CC(C)C1=CC2Oc3ccccc3C3OC(C)(C)C(C1)C23C. The van der Waals surface area contributed by atoms with Crippen LogP contribution in [0.25, 0.3) is 0 Å². The molecule has 2 nitrogen and oxygen atoms in total. The van der Waals surface area contributed by atoms with Gasteiger partial charge in [0.15, 0.2) is 0 Å². The largest absolute Gasteiger partial charge is 0.485 e. The Bertz CT molecular complexity index is 643. The summed E-state index contributed by atoms with van der Waals surface area (Å²) in [5.74, 6) is 2.05. The van der Waals surface area contributed by atoms with Crippen LogP contribution in [0, 0.1) is 17.3 Å². The van der Waals surface area contributed by atoms with Gasteiger partial charge in [0.05, 0.1) is 11.7 Å². The lowest BCUT2D eigenvalue weighted by Crippen LogP contribution is -2.50. The van der Waals surface area contributed by atoms with E-state index >= 15 is 0 Å². The van der Waals surface area contributed by atoms with Gasteiger partial charge in [0.2, 0.25) is 0 Å². The fourth-order valence-corrected chi connectivity index (χ4v) is 4.86. The summed E-state index contributed by atoms with van der Waals surface area (Å²) in [6.45, 7) is 11.4. The van der Waals surface area contributed by atoms with Crippen LogP contribution in [-0.4, -0.2) is 11.7 Å². The minimum Gasteiger partial charge on any atom is -0.485 e. The van der Waals surface area contributed by atoms with Gasteiger partial charge in [0.25, 0.3) is 0 Å². The molecule has 1 aliphatic carbocycles. The van der Waals surface area contributed by atoms with Gasteiger partial charge in [-0.05, 0) is 38.3 Å². The van der Waals surface area contributed by atoms with E-state index in [1.54, 1.807) is 0 Å². The van der Waals surface area contributed by atoms with Gasteiger partial charge in [-0.25, -0.2) is 0 Å². The summed E-state index contributed by atoms with van der Waals surface area (Å²) in [4.78, 5) is 0. The molecule has 0 amide bonds. The van der Waals surface area contributed by atoms with Crippen LogP contribution in [0.4, 0.5) is 0 Å². The summed E-state index contributed by atoms with van der Waals surface area (Å²) in [5.41, 5.74) is 2.64. The molecule has 22 heavy (non-hydrogen) atoms. The number of rotatable bonds is 1. The molecule has 4 rings (SSSR count). The van der Waals surface area contributed by atoms with E-state index in [9.17, 15) is 0 Å². The van der Waals surface area contributed by atoms with Gasteiger partial charge in [-0.15, -0.1) is 0 Å². The molecule has 3 aliphatic rings. The Kier molecular flexibility index (Phi) is 2.85. The Hall–Kier alpha value is -1.28. The van der Waals surface area contributed by atoms with E-state index < -0.39 is 0 Å². The van der Waals surface area contributed by atoms with E-state index in [4.69, 9.17) is 9.47 Å². The third-order valence-corrected chi connectivity index (χ3v) is 6.19. The number of fused-ring (bicyclic) bond motifs is 2. The van der Waals surface area contributed by atoms with E-state index in [0.717, 1.165) is 12.2 Å². The molecular weight excluding hydrogens is 272 g/mol. The molecule has 0 bridgehead atoms. The summed E-state index contributed by atoms with van der Waals surface area (Å²) < 4.78 is 13.0. The van der Waals surface area contributed by atoms with Crippen molar-refractivity contribution < 1.29 is 9.47 Å². The molecule has 1 aromatic rings. The highest BCUT2D eigenvalue weighted by Crippen LogP contribution is 2.65. The second kappa shape index (κ2) is 4.38. The van der Waals surface area contributed by atoms with Gasteiger partial charge in [-0.1, -0.05) is 44.5 Å². The zero-order valence-corrected chi connectivity index (χ0v) is 14.2. The fourth-order valence-electron chi connectivity index (χ4n) is 4.86. The van der Waals surface area contributed by atoms with Crippen LogP contribution in [0.3, 0.4) is 0 Å². The molecule has 1 aromatic carbocycles. The lowest BCUT2D eigenvalue weighted by atomic mass is 9.58. The van der Waals surface area contributed by atoms with Crippen LogP contribution >= 0.6 is 0 Å². The molecule has 2 heteroatoms. The Morgan fingerprint density at radius 1 is 1.14 bits per heavy atom. The number of ether oxygens (including phenoxy) is 2. The Morgan fingerprint density at radius 3 is 2.59 bits per heavy atom. The maximum atomic E-state index is 6.61. The first-order valence-corrected chi connectivity index (χ1v) is 8.48. The van der Waals surface area contributed by atoms with Gasteiger partial charge < -0.3 is 9.47 Å². The molecule has 1 fully saturated rings. The maximum Gasteiger partial charge on any atom is 0.126 e. The predicted molar refractivity (Wildman–Crippen MR) is 87.9 cm³/mol. The molecule has 0 spiro atoms. The third-order valence-electron chi connectivity index (χ3n) is 6.19. The smallest absolute Gasteiger partial charge is 0.126 e. The molecule has 4 unspecified atom stereocenters. The number of benzene rings is 1. The van der Waals surface area contributed by atoms with E-state index in [0.29, 0.717) is 11.8 Å². The molecule has 1 saturated heterocycles. The minimum absolute atomic E-state index is 0.0241. The van der Waals surface area contributed by atoms with Crippen molar-refractivity contribution in [2.24, 2.45) is 17.3 Å². The Labute approximate surface area is 133 Å². The van der Waals surface area contributed by atoms with Gasteiger partial charge in [-0.3, -0.25) is 0 Å². The summed E-state index contributed by atoms with van der Waals surface area (Å²) >= 11 is 0. The van der Waals surface area contributed by atoms with Crippen molar-refractivity contribution in [3.63, 3.8) is 0 Å². The highest BCUT2D eigenvalue weighted by molar-refractivity contribution is 5.43. The quantitative estimate of drug-likeness (QED) is 0.686. The van der Waals surface area contributed by atoms with E-state index in [2.05, 4.69) is 65.0 Å². The van der Waals surface area contributed by atoms with Crippen LogP contribution in [-0.2, 0) is 4.74 Å². The first kappa shape index (κ1) is 14.3. The molecule has 2 aliphatic heterocycles. The first-order chi connectivity index (χ1) is 10.3. The third kappa shape index (κ3) is 1.70. The normalized spacial score (nSPS) is 38.1. The average Bonchev–Trinajstić information content (AvgIpc) is 2.67. The molecular formula is C20H26O2. The zero-order valence-electron chi connectivity index (χ0n) is 14.2. The van der Waals surface area contributed by atoms with Crippen LogP contribution in [0.5, 0.6) is 5.75 Å². The van der Waals surface area contributed by atoms with Crippen molar-refractivity contribution in [3.8, 4) is 5.75 Å². The highest BCUT2D eigenvalue weighted by atomic mass is 16.5. The lowest BCUT2D eigenvalue weighted by Gasteiger charge is -2.48. The molecule has 0 saturated carbocycles. The van der Waals surface area contributed by atoms with Crippen LogP contribution in [0.15, 0.2) is 35.9 Å². The summed E-state index contributed by atoms with van der Waals surface area (Å²) in [5, 5.41) is 0. The minimum atomic E-state index is -0.118. The second-order valence-electron chi connectivity index (χ2n) is 8.20. The van der Waals surface area contributed by atoms with Gasteiger partial charge in [-0.2, -0.15) is 0 Å². The van der Waals surface area contributed by atoms with Crippen molar-refractivity contribution >= 4 is 0 Å². The number of para-hydroxylation sites is 1. The van der Waals surface area contributed by atoms with Crippen LogP contribution in [0.2, 0.25) is 0 Å². The highest BCUT2D eigenvalue weighted by Gasteiger charge is 2.64. The van der Waals surface area contributed by atoms with Crippen molar-refractivity contribution in [2.45, 2.75) is 58.8 Å². The summed E-state index contributed by atoms with van der Waals surface area (Å²) in [7, 11) is 0. The van der Waals surface area contributed by atoms with E-state index in [1.165, 1.54) is 11.1 Å². The average molecular weight is 298 g/mol. The molecule has 2 heterocycles. The monoisotopic (exact) mass is 298 g/mol. The van der Waals surface area contributed by atoms with Gasteiger partial charge >= 0.3 is 0 Å². The summed E-state index contributed by atoms with van der Waals surface area (Å²) in [6, 6.07) is 8.39. The number of hydrogen-bond acceptors (Lipinski definition) is 2. The van der Waals surface area contributed by atoms with Gasteiger partial charge in [0, 0.05) is 16.9 Å². The Morgan fingerprint density at radius 2 is 1.86 bits per heavy atom. The Balaban J connectivity index is 1.91. The van der Waals surface area contributed by atoms with Crippen molar-refractivity contribution in [2.75, 3.05) is 0 Å². The maximum absolute atomic E-state index is 6.61. The first-order valence-electron chi connectivity index (χ1n) is 8.48. The predicted octanol–water partition coefficient (Wildman–Crippen LogP) is 4.91.